The Kier molecular flexibility index (Phi) is 7.14. The van der Waals surface area contributed by atoms with E-state index in [2.05, 4.69) is 20.3 Å². The van der Waals surface area contributed by atoms with Gasteiger partial charge in [-0.15, -0.1) is 0 Å². The molecular weight excluding hydrogens is 406 g/mol. The Hall–Kier alpha value is -3.81. The summed E-state index contributed by atoms with van der Waals surface area (Å²) >= 11 is 0. The molecular formula is C24H29N5O3. The molecule has 0 amide bonds. The van der Waals surface area contributed by atoms with Gasteiger partial charge in [0, 0.05) is 25.7 Å². The maximum Gasteiger partial charge on any atom is 0.259 e. The first-order chi connectivity index (χ1) is 15.3. The van der Waals surface area contributed by atoms with Crippen LogP contribution in [0.3, 0.4) is 0 Å². The number of hydrogen-bond donors (Lipinski definition) is 2. The Balaban J connectivity index is 1.76. The number of rotatable bonds is 7. The van der Waals surface area contributed by atoms with Crippen LogP contribution in [0.25, 0.3) is 17.0 Å². The normalized spacial score (nSPS) is 11.8. The highest BCUT2D eigenvalue weighted by atomic mass is 16.5. The van der Waals surface area contributed by atoms with Crippen LogP contribution in [0.1, 0.15) is 23.9 Å². The molecule has 3 rings (SSSR count). The minimum Gasteiger partial charge on any atom is -0.493 e. The van der Waals surface area contributed by atoms with Crippen LogP contribution < -0.4 is 20.3 Å². The van der Waals surface area contributed by atoms with Gasteiger partial charge in [-0.3, -0.25) is 4.79 Å². The Labute approximate surface area is 187 Å². The molecule has 2 aromatic carbocycles. The standard InChI is InChI=1S/C24H29N5O3/c1-15-22-19(13-20(31-5)23(15)32-6)27-21(28-24(22)30)14-25-11-10-17-8-7-9-18(12-17)26-16(2)29(3)4/h7-13,25H,14H2,1-6H3,(H,27,28,30)/b11-10+,26-16?. The molecule has 3 aromatic rings. The first-order valence-electron chi connectivity index (χ1n) is 10.2. The SMILES string of the molecule is COc1cc2nc(CN/C=C/c3cccc(N=C(C)N(C)C)c3)[nH]c(=O)c2c(C)c1OC. The number of H-pyrrole nitrogens is 1. The number of ether oxygens (including phenoxy) is 2. The summed E-state index contributed by atoms with van der Waals surface area (Å²) in [6, 6.07) is 9.66. The van der Waals surface area contributed by atoms with Gasteiger partial charge in [0.15, 0.2) is 11.5 Å². The monoisotopic (exact) mass is 435 g/mol. The third kappa shape index (κ3) is 5.08. The molecule has 1 aromatic heterocycles. The van der Waals surface area contributed by atoms with E-state index in [1.54, 1.807) is 20.3 Å². The largest absolute Gasteiger partial charge is 0.493 e. The average molecular weight is 436 g/mol. The zero-order chi connectivity index (χ0) is 23.3. The molecule has 8 nitrogen and oxygen atoms in total. The molecule has 0 atom stereocenters. The molecule has 0 aliphatic rings. The van der Waals surface area contributed by atoms with Crippen LogP contribution in [0, 0.1) is 6.92 Å². The van der Waals surface area contributed by atoms with E-state index in [1.165, 1.54) is 0 Å². The molecule has 0 radical (unpaired) electrons. The highest BCUT2D eigenvalue weighted by Gasteiger charge is 2.15. The van der Waals surface area contributed by atoms with Crippen molar-refractivity contribution >= 4 is 28.5 Å². The summed E-state index contributed by atoms with van der Waals surface area (Å²) in [4.78, 5) is 26.6. The van der Waals surface area contributed by atoms with E-state index in [4.69, 9.17) is 9.47 Å². The van der Waals surface area contributed by atoms with Crippen molar-refractivity contribution in [2.45, 2.75) is 20.4 Å². The fourth-order valence-electron chi connectivity index (χ4n) is 3.28. The van der Waals surface area contributed by atoms with Crippen molar-refractivity contribution in [2.24, 2.45) is 4.99 Å². The van der Waals surface area contributed by atoms with Crippen LogP contribution in [0.15, 0.2) is 46.3 Å². The van der Waals surface area contributed by atoms with Crippen molar-refractivity contribution < 1.29 is 9.47 Å². The van der Waals surface area contributed by atoms with Crippen LogP contribution in [0.2, 0.25) is 0 Å². The smallest absolute Gasteiger partial charge is 0.259 e. The summed E-state index contributed by atoms with van der Waals surface area (Å²) < 4.78 is 10.8. The number of methoxy groups -OCH3 is 2. The lowest BCUT2D eigenvalue weighted by atomic mass is 10.1. The molecule has 2 N–H and O–H groups in total. The summed E-state index contributed by atoms with van der Waals surface area (Å²) in [7, 11) is 7.04. The molecule has 0 unspecified atom stereocenters. The van der Waals surface area contributed by atoms with E-state index in [-0.39, 0.29) is 5.56 Å². The number of nitrogens with zero attached hydrogens (tertiary/aromatic N) is 3. The summed E-state index contributed by atoms with van der Waals surface area (Å²) in [6.07, 6.45) is 3.77. The van der Waals surface area contributed by atoms with Gasteiger partial charge in [-0.05, 0) is 43.8 Å². The predicted octanol–water partition coefficient (Wildman–Crippen LogP) is 3.62. The predicted molar refractivity (Wildman–Crippen MR) is 129 cm³/mol. The van der Waals surface area contributed by atoms with E-state index in [0.717, 1.165) is 17.1 Å². The summed E-state index contributed by atoms with van der Waals surface area (Å²) in [5, 5.41) is 3.67. The van der Waals surface area contributed by atoms with E-state index in [9.17, 15) is 4.79 Å². The Morgan fingerprint density at radius 3 is 2.72 bits per heavy atom. The fraction of sp³-hybridized carbons (Fsp3) is 0.292. The van der Waals surface area contributed by atoms with Gasteiger partial charge in [0.1, 0.15) is 11.7 Å². The topological polar surface area (TPSA) is 91.8 Å². The fourth-order valence-corrected chi connectivity index (χ4v) is 3.28. The van der Waals surface area contributed by atoms with Crippen molar-refractivity contribution in [2.75, 3.05) is 28.3 Å². The lowest BCUT2D eigenvalue weighted by Crippen LogP contribution is -2.17. The molecule has 32 heavy (non-hydrogen) atoms. The van der Waals surface area contributed by atoms with Gasteiger partial charge in [-0.25, -0.2) is 9.98 Å². The van der Waals surface area contributed by atoms with E-state index in [0.29, 0.717) is 40.3 Å². The van der Waals surface area contributed by atoms with Crippen LogP contribution in [0.5, 0.6) is 11.5 Å². The number of fused-ring (bicyclic) bond motifs is 1. The van der Waals surface area contributed by atoms with Crippen molar-refractivity contribution in [3.8, 4) is 11.5 Å². The number of aryl methyl sites for hydroxylation is 1. The number of nitrogens with one attached hydrogen (secondary N) is 2. The van der Waals surface area contributed by atoms with Gasteiger partial charge in [0.2, 0.25) is 0 Å². The molecule has 0 spiro atoms. The zero-order valence-corrected chi connectivity index (χ0v) is 19.3. The van der Waals surface area contributed by atoms with Crippen molar-refractivity contribution in [1.29, 1.82) is 0 Å². The zero-order valence-electron chi connectivity index (χ0n) is 19.3. The number of hydrogen-bond acceptors (Lipinski definition) is 6. The summed E-state index contributed by atoms with van der Waals surface area (Å²) in [5.74, 6) is 2.54. The molecule has 8 heteroatoms. The Bertz CT molecular complexity index is 1230. The maximum atomic E-state index is 12.7. The van der Waals surface area contributed by atoms with Crippen LogP contribution >= 0.6 is 0 Å². The third-order valence-electron chi connectivity index (χ3n) is 5.10. The third-order valence-corrected chi connectivity index (χ3v) is 5.10. The molecule has 0 saturated heterocycles. The van der Waals surface area contributed by atoms with Gasteiger partial charge in [0.05, 0.1) is 37.4 Å². The summed E-state index contributed by atoms with van der Waals surface area (Å²) in [6.45, 7) is 4.15. The van der Waals surface area contributed by atoms with Crippen LogP contribution in [0.4, 0.5) is 5.69 Å². The average Bonchev–Trinajstić information content (AvgIpc) is 2.76. The second-order valence-electron chi connectivity index (χ2n) is 7.51. The lowest BCUT2D eigenvalue weighted by molar-refractivity contribution is 0.354. The molecule has 0 aliphatic carbocycles. The highest BCUT2D eigenvalue weighted by Crippen LogP contribution is 2.34. The number of aromatic amines is 1. The molecule has 0 saturated carbocycles. The highest BCUT2D eigenvalue weighted by molar-refractivity contribution is 5.86. The van der Waals surface area contributed by atoms with E-state index >= 15 is 0 Å². The van der Waals surface area contributed by atoms with Gasteiger partial charge in [-0.2, -0.15) is 0 Å². The van der Waals surface area contributed by atoms with Gasteiger partial charge in [0.25, 0.3) is 5.56 Å². The first-order valence-corrected chi connectivity index (χ1v) is 10.2. The number of benzene rings is 2. The second-order valence-corrected chi connectivity index (χ2v) is 7.51. The molecule has 0 fully saturated rings. The van der Waals surface area contributed by atoms with Gasteiger partial charge < -0.3 is 24.7 Å². The minimum atomic E-state index is -0.212. The van der Waals surface area contributed by atoms with Crippen LogP contribution in [-0.4, -0.2) is 49.0 Å². The van der Waals surface area contributed by atoms with Crippen LogP contribution in [-0.2, 0) is 6.54 Å². The van der Waals surface area contributed by atoms with Gasteiger partial charge in [-0.1, -0.05) is 12.1 Å². The second kappa shape index (κ2) is 10.00. The number of amidine groups is 1. The molecule has 1 heterocycles. The summed E-state index contributed by atoms with van der Waals surface area (Å²) in [5.41, 5.74) is 2.95. The number of aromatic nitrogens is 2. The lowest BCUT2D eigenvalue weighted by Gasteiger charge is -2.13. The van der Waals surface area contributed by atoms with E-state index in [1.807, 2.05) is 69.4 Å². The Morgan fingerprint density at radius 1 is 1.25 bits per heavy atom. The number of aliphatic imine (C=N–C) groups is 1. The van der Waals surface area contributed by atoms with Crippen molar-refractivity contribution in [1.82, 2.24) is 20.2 Å². The van der Waals surface area contributed by atoms with Crippen molar-refractivity contribution in [3.63, 3.8) is 0 Å². The minimum absolute atomic E-state index is 0.212. The van der Waals surface area contributed by atoms with Crippen molar-refractivity contribution in [3.05, 3.63) is 63.8 Å². The maximum absolute atomic E-state index is 12.7. The quantitative estimate of drug-likeness (QED) is 0.435. The Morgan fingerprint density at radius 2 is 2.03 bits per heavy atom. The molecule has 168 valence electrons. The van der Waals surface area contributed by atoms with Gasteiger partial charge >= 0.3 is 0 Å². The first kappa shape index (κ1) is 22.9. The molecule has 0 aliphatic heterocycles. The molecule has 0 bridgehead atoms. The van der Waals surface area contributed by atoms with E-state index < -0.39 is 0 Å².